The molecule has 0 atom stereocenters. The van der Waals surface area contributed by atoms with E-state index in [2.05, 4.69) is 19.2 Å². The fourth-order valence-corrected chi connectivity index (χ4v) is 3.53. The van der Waals surface area contributed by atoms with E-state index in [1.54, 1.807) is 0 Å². The summed E-state index contributed by atoms with van der Waals surface area (Å²) >= 11 is 1.91. The zero-order valence-corrected chi connectivity index (χ0v) is 11.9. The minimum Gasteiger partial charge on any atom is -0.309 e. The molecule has 96 valence electrons. The van der Waals surface area contributed by atoms with Crippen molar-refractivity contribution in [3.05, 3.63) is 15.6 Å². The Hall–Kier alpha value is -0.410. The van der Waals surface area contributed by atoms with Gasteiger partial charge in [0, 0.05) is 17.5 Å². The van der Waals surface area contributed by atoms with Crippen molar-refractivity contribution in [1.29, 1.82) is 0 Å². The normalized spacial score (nSPS) is 16.8. The van der Waals surface area contributed by atoms with Crippen LogP contribution >= 0.6 is 11.3 Å². The highest BCUT2D eigenvalue weighted by Gasteiger charge is 2.16. The van der Waals surface area contributed by atoms with Crippen LogP contribution in [0.15, 0.2) is 0 Å². The predicted octanol–water partition coefficient (Wildman–Crippen LogP) is 3.69. The molecule has 0 bridgehead atoms. The van der Waals surface area contributed by atoms with Crippen molar-refractivity contribution in [2.75, 3.05) is 0 Å². The summed E-state index contributed by atoms with van der Waals surface area (Å²) in [7, 11) is 0. The number of aromatic nitrogens is 1. The molecule has 0 unspecified atom stereocenters. The second kappa shape index (κ2) is 6.50. The van der Waals surface area contributed by atoms with Crippen LogP contribution in [-0.2, 0) is 19.4 Å². The van der Waals surface area contributed by atoms with E-state index in [0.717, 1.165) is 25.4 Å². The van der Waals surface area contributed by atoms with E-state index in [1.807, 2.05) is 11.3 Å². The maximum absolute atomic E-state index is 4.74. The molecule has 0 saturated heterocycles. The van der Waals surface area contributed by atoms with Gasteiger partial charge in [0.15, 0.2) is 0 Å². The summed E-state index contributed by atoms with van der Waals surface area (Å²) in [6, 6.07) is 0.761. The first kappa shape index (κ1) is 13.0. The van der Waals surface area contributed by atoms with Crippen LogP contribution in [0.3, 0.4) is 0 Å². The summed E-state index contributed by atoms with van der Waals surface area (Å²) < 4.78 is 0. The lowest BCUT2D eigenvalue weighted by atomic mass is 10.2. The number of hydrogen-bond acceptors (Lipinski definition) is 3. The van der Waals surface area contributed by atoms with Gasteiger partial charge < -0.3 is 5.32 Å². The largest absolute Gasteiger partial charge is 0.309 e. The zero-order chi connectivity index (χ0) is 12.1. The van der Waals surface area contributed by atoms with E-state index in [9.17, 15) is 0 Å². The summed E-state index contributed by atoms with van der Waals surface area (Å²) in [6.07, 6.45) is 8.95. The third kappa shape index (κ3) is 3.52. The highest BCUT2D eigenvalue weighted by atomic mass is 32.1. The molecule has 1 aliphatic rings. The van der Waals surface area contributed by atoms with Crippen LogP contribution in [0.5, 0.6) is 0 Å². The summed E-state index contributed by atoms with van der Waals surface area (Å²) in [5, 5.41) is 5.01. The molecule has 2 nitrogen and oxygen atoms in total. The van der Waals surface area contributed by atoms with Crippen molar-refractivity contribution in [1.82, 2.24) is 10.3 Å². The fraction of sp³-hybridized carbons (Fsp3) is 0.786. The lowest BCUT2D eigenvalue weighted by Gasteiger charge is -2.11. The molecule has 2 rings (SSSR count). The molecular formula is C14H24N2S. The lowest BCUT2D eigenvalue weighted by molar-refractivity contribution is 0.525. The number of nitrogens with one attached hydrogen (secondary N) is 1. The number of rotatable bonds is 6. The number of nitrogens with zero attached hydrogens (tertiary/aromatic N) is 1. The Morgan fingerprint density at radius 1 is 1.29 bits per heavy atom. The molecule has 1 saturated carbocycles. The van der Waals surface area contributed by atoms with Gasteiger partial charge in [-0.3, -0.25) is 0 Å². The standard InChI is InChI=1S/C14H24N2S/c1-3-7-12-13(17-14(4-2)16-12)10-15-11-8-5-6-9-11/h11,15H,3-10H2,1-2H3. The maximum atomic E-state index is 4.74. The fourth-order valence-electron chi connectivity index (χ4n) is 2.53. The van der Waals surface area contributed by atoms with E-state index in [-0.39, 0.29) is 0 Å². The number of thiazole rings is 1. The number of hydrogen-bond donors (Lipinski definition) is 1. The van der Waals surface area contributed by atoms with Crippen molar-refractivity contribution in [3.63, 3.8) is 0 Å². The van der Waals surface area contributed by atoms with Gasteiger partial charge in [0.2, 0.25) is 0 Å². The van der Waals surface area contributed by atoms with Crippen LogP contribution in [0.4, 0.5) is 0 Å². The molecule has 0 spiro atoms. The Labute approximate surface area is 109 Å². The molecule has 1 fully saturated rings. The van der Waals surface area contributed by atoms with Gasteiger partial charge in [-0.05, 0) is 25.7 Å². The van der Waals surface area contributed by atoms with Gasteiger partial charge in [-0.15, -0.1) is 11.3 Å². The minimum absolute atomic E-state index is 0.761. The van der Waals surface area contributed by atoms with Gasteiger partial charge in [0.05, 0.1) is 10.7 Å². The molecule has 1 heterocycles. The monoisotopic (exact) mass is 252 g/mol. The first-order valence-corrected chi connectivity index (χ1v) is 7.86. The molecule has 0 amide bonds. The maximum Gasteiger partial charge on any atom is 0.0928 e. The average Bonchev–Trinajstić information content (AvgIpc) is 2.96. The molecule has 0 aromatic carbocycles. The second-order valence-corrected chi connectivity index (χ2v) is 6.11. The smallest absolute Gasteiger partial charge is 0.0928 e. The Morgan fingerprint density at radius 3 is 2.71 bits per heavy atom. The minimum atomic E-state index is 0.761. The summed E-state index contributed by atoms with van der Waals surface area (Å²) in [5.74, 6) is 0. The van der Waals surface area contributed by atoms with Crippen molar-refractivity contribution >= 4 is 11.3 Å². The highest BCUT2D eigenvalue weighted by molar-refractivity contribution is 7.11. The van der Waals surface area contributed by atoms with Gasteiger partial charge in [0.1, 0.15) is 0 Å². The SMILES string of the molecule is CCCc1nc(CC)sc1CNC1CCCC1. The van der Waals surface area contributed by atoms with Crippen LogP contribution in [-0.4, -0.2) is 11.0 Å². The van der Waals surface area contributed by atoms with Crippen molar-refractivity contribution < 1.29 is 0 Å². The average molecular weight is 252 g/mol. The highest BCUT2D eigenvalue weighted by Crippen LogP contribution is 2.23. The number of aryl methyl sites for hydroxylation is 2. The van der Waals surface area contributed by atoms with Crippen LogP contribution in [0, 0.1) is 0 Å². The molecule has 1 aromatic heterocycles. The molecule has 1 aliphatic carbocycles. The van der Waals surface area contributed by atoms with Crippen LogP contribution < -0.4 is 5.32 Å². The van der Waals surface area contributed by atoms with Gasteiger partial charge in [-0.25, -0.2) is 4.98 Å². The van der Waals surface area contributed by atoms with Crippen LogP contribution in [0.1, 0.15) is 61.5 Å². The first-order valence-electron chi connectivity index (χ1n) is 7.04. The second-order valence-electron chi connectivity index (χ2n) is 4.94. The zero-order valence-electron chi connectivity index (χ0n) is 11.1. The van der Waals surface area contributed by atoms with E-state index in [4.69, 9.17) is 4.98 Å². The van der Waals surface area contributed by atoms with Crippen molar-refractivity contribution in [2.45, 2.75) is 71.4 Å². The Morgan fingerprint density at radius 2 is 2.06 bits per heavy atom. The van der Waals surface area contributed by atoms with E-state index < -0.39 is 0 Å². The topological polar surface area (TPSA) is 24.9 Å². The van der Waals surface area contributed by atoms with Crippen molar-refractivity contribution in [3.8, 4) is 0 Å². The Kier molecular flexibility index (Phi) is 4.99. The third-order valence-corrected chi connectivity index (χ3v) is 4.76. The summed E-state index contributed by atoms with van der Waals surface area (Å²) in [4.78, 5) is 6.22. The molecule has 1 aromatic rings. The van der Waals surface area contributed by atoms with E-state index in [1.165, 1.54) is 47.7 Å². The predicted molar refractivity (Wildman–Crippen MR) is 74.6 cm³/mol. The van der Waals surface area contributed by atoms with Crippen LogP contribution in [0.25, 0.3) is 0 Å². The van der Waals surface area contributed by atoms with Crippen molar-refractivity contribution in [2.24, 2.45) is 0 Å². The third-order valence-electron chi connectivity index (χ3n) is 3.52. The molecule has 0 aliphatic heterocycles. The van der Waals surface area contributed by atoms with Crippen LogP contribution in [0.2, 0.25) is 0 Å². The summed E-state index contributed by atoms with van der Waals surface area (Å²) in [5.41, 5.74) is 1.35. The van der Waals surface area contributed by atoms with E-state index >= 15 is 0 Å². The summed E-state index contributed by atoms with van der Waals surface area (Å²) in [6.45, 7) is 5.47. The Bertz CT molecular complexity index is 340. The van der Waals surface area contributed by atoms with Gasteiger partial charge in [0.25, 0.3) is 0 Å². The molecule has 0 radical (unpaired) electrons. The van der Waals surface area contributed by atoms with Gasteiger partial charge in [-0.2, -0.15) is 0 Å². The van der Waals surface area contributed by atoms with Gasteiger partial charge in [-0.1, -0.05) is 33.1 Å². The molecular weight excluding hydrogens is 228 g/mol. The Balaban J connectivity index is 1.94. The molecule has 1 N–H and O–H groups in total. The first-order chi connectivity index (χ1) is 8.33. The van der Waals surface area contributed by atoms with E-state index in [0.29, 0.717) is 0 Å². The molecule has 3 heteroatoms. The molecule has 17 heavy (non-hydrogen) atoms. The quantitative estimate of drug-likeness (QED) is 0.835. The van der Waals surface area contributed by atoms with Gasteiger partial charge >= 0.3 is 0 Å². The lowest BCUT2D eigenvalue weighted by Crippen LogP contribution is -2.25.